The average Bonchev–Trinajstić information content (AvgIpc) is 2.64. The van der Waals surface area contributed by atoms with E-state index in [-0.39, 0.29) is 9.29 Å². The minimum atomic E-state index is -0.0822. The van der Waals surface area contributed by atoms with Gasteiger partial charge in [0, 0.05) is 0 Å². The highest BCUT2D eigenvalue weighted by Gasteiger charge is 2.11. The number of nitrogens with zero attached hydrogens (tertiary/aromatic N) is 2. The molecular formula is C24H52N2O2. The molecule has 0 fully saturated rings. The van der Waals surface area contributed by atoms with Gasteiger partial charge in [-0.25, -0.2) is 0 Å². The summed E-state index contributed by atoms with van der Waals surface area (Å²) in [5.41, 5.74) is 0. The predicted octanol–water partition coefficient (Wildman–Crippen LogP) is 7.16. The number of unbranched alkanes of at least 4 members (excludes halogenated alkanes) is 13. The summed E-state index contributed by atoms with van der Waals surface area (Å²) in [6, 6.07) is 0. The van der Waals surface area contributed by atoms with Crippen molar-refractivity contribution in [3.8, 4) is 0 Å². The second-order valence-corrected chi connectivity index (χ2v) is 9.44. The molecule has 0 spiro atoms. The van der Waals surface area contributed by atoms with Crippen LogP contribution in [0.1, 0.15) is 117 Å². The molecular weight excluding hydrogens is 348 g/mol. The zero-order valence-electron chi connectivity index (χ0n) is 19.9. The van der Waals surface area contributed by atoms with Crippen molar-refractivity contribution in [2.45, 2.75) is 117 Å². The maximum Gasteiger partial charge on any atom is 0.0781 e. The third-order valence-corrected chi connectivity index (χ3v) is 5.98. The normalized spacial score (nSPS) is 16.1. The van der Waals surface area contributed by atoms with Crippen LogP contribution >= 0.6 is 0 Å². The van der Waals surface area contributed by atoms with E-state index in [1.54, 1.807) is 0 Å². The lowest BCUT2D eigenvalue weighted by Gasteiger charge is -2.39. The Morgan fingerprint density at radius 3 is 0.857 bits per heavy atom. The SMILES string of the molecule is CCCCCCCC[N+](C)([O-])CCCCCC[N+](C)([O-])CCCCCCCC. The van der Waals surface area contributed by atoms with E-state index in [1.165, 1.54) is 64.2 Å². The van der Waals surface area contributed by atoms with Gasteiger partial charge < -0.3 is 19.7 Å². The van der Waals surface area contributed by atoms with Crippen molar-refractivity contribution in [2.75, 3.05) is 40.3 Å². The molecule has 0 aromatic carbocycles. The molecule has 170 valence electrons. The lowest BCUT2D eigenvalue weighted by Crippen LogP contribution is -2.39. The van der Waals surface area contributed by atoms with Gasteiger partial charge in [-0.1, -0.05) is 65.2 Å². The topological polar surface area (TPSA) is 46.1 Å². The van der Waals surface area contributed by atoms with Crippen LogP contribution in [0, 0.1) is 10.4 Å². The Hall–Kier alpha value is -0.160. The van der Waals surface area contributed by atoms with Crippen molar-refractivity contribution in [3.05, 3.63) is 10.4 Å². The molecule has 0 aromatic rings. The first-order chi connectivity index (χ1) is 13.3. The Balaban J connectivity index is 3.58. The zero-order valence-corrected chi connectivity index (χ0v) is 19.9. The van der Waals surface area contributed by atoms with Crippen LogP contribution in [0.25, 0.3) is 0 Å². The van der Waals surface area contributed by atoms with E-state index in [4.69, 9.17) is 0 Å². The van der Waals surface area contributed by atoms with E-state index in [1.807, 2.05) is 14.1 Å². The van der Waals surface area contributed by atoms with E-state index >= 15 is 0 Å². The molecule has 4 heteroatoms. The van der Waals surface area contributed by atoms with E-state index in [0.717, 1.165) is 64.7 Å². The third kappa shape index (κ3) is 19.2. The van der Waals surface area contributed by atoms with Crippen molar-refractivity contribution in [1.29, 1.82) is 0 Å². The minimum Gasteiger partial charge on any atom is -0.633 e. The highest BCUT2D eigenvalue weighted by molar-refractivity contribution is 4.50. The second kappa shape index (κ2) is 17.7. The van der Waals surface area contributed by atoms with Crippen molar-refractivity contribution >= 4 is 0 Å². The van der Waals surface area contributed by atoms with Crippen LogP contribution in [-0.4, -0.2) is 49.6 Å². The van der Waals surface area contributed by atoms with Gasteiger partial charge in [0.1, 0.15) is 0 Å². The molecule has 2 atom stereocenters. The summed E-state index contributed by atoms with van der Waals surface area (Å²) in [6.07, 6.45) is 19.1. The van der Waals surface area contributed by atoms with Gasteiger partial charge in [0.2, 0.25) is 0 Å². The molecule has 28 heavy (non-hydrogen) atoms. The quantitative estimate of drug-likeness (QED) is 0.117. The monoisotopic (exact) mass is 400 g/mol. The van der Waals surface area contributed by atoms with Crippen LogP contribution < -0.4 is 0 Å². The van der Waals surface area contributed by atoms with Crippen LogP contribution in [0.3, 0.4) is 0 Å². The van der Waals surface area contributed by atoms with Crippen LogP contribution in [0.15, 0.2) is 0 Å². The fourth-order valence-electron chi connectivity index (χ4n) is 3.92. The number of quaternary nitrogens is 2. The van der Waals surface area contributed by atoms with E-state index < -0.39 is 0 Å². The van der Waals surface area contributed by atoms with Gasteiger partial charge in [-0.3, -0.25) is 0 Å². The predicted molar refractivity (Wildman–Crippen MR) is 124 cm³/mol. The summed E-state index contributed by atoms with van der Waals surface area (Å²) in [4.78, 5) is 0. The zero-order chi connectivity index (χ0) is 21.1. The summed E-state index contributed by atoms with van der Waals surface area (Å²) in [5.74, 6) is 0. The van der Waals surface area contributed by atoms with E-state index in [2.05, 4.69) is 13.8 Å². The first kappa shape index (κ1) is 27.8. The molecule has 0 bridgehead atoms. The highest BCUT2D eigenvalue weighted by Crippen LogP contribution is 2.13. The summed E-state index contributed by atoms with van der Waals surface area (Å²) >= 11 is 0. The summed E-state index contributed by atoms with van der Waals surface area (Å²) in [7, 11) is 3.66. The molecule has 0 aliphatic rings. The molecule has 0 radical (unpaired) electrons. The second-order valence-electron chi connectivity index (χ2n) is 9.44. The van der Waals surface area contributed by atoms with Gasteiger partial charge >= 0.3 is 0 Å². The average molecular weight is 401 g/mol. The van der Waals surface area contributed by atoms with Gasteiger partial charge in [0.15, 0.2) is 0 Å². The van der Waals surface area contributed by atoms with Crippen LogP contribution in [0.4, 0.5) is 0 Å². The van der Waals surface area contributed by atoms with Gasteiger partial charge in [0.05, 0.1) is 40.3 Å². The molecule has 0 saturated carbocycles. The smallest absolute Gasteiger partial charge is 0.0781 e. The van der Waals surface area contributed by atoms with E-state index in [0.29, 0.717) is 0 Å². The fourth-order valence-corrected chi connectivity index (χ4v) is 3.92. The van der Waals surface area contributed by atoms with Gasteiger partial charge in [-0.05, 0) is 51.4 Å². The van der Waals surface area contributed by atoms with Crippen molar-refractivity contribution in [2.24, 2.45) is 0 Å². The third-order valence-electron chi connectivity index (χ3n) is 5.98. The van der Waals surface area contributed by atoms with Crippen molar-refractivity contribution in [3.63, 3.8) is 0 Å². The molecule has 0 rings (SSSR count). The molecule has 2 unspecified atom stereocenters. The Kier molecular flexibility index (Phi) is 17.6. The van der Waals surface area contributed by atoms with Crippen LogP contribution in [-0.2, 0) is 0 Å². The number of rotatable bonds is 21. The number of hydrogen-bond acceptors (Lipinski definition) is 2. The highest BCUT2D eigenvalue weighted by atomic mass is 16.5. The van der Waals surface area contributed by atoms with Crippen LogP contribution in [0.5, 0.6) is 0 Å². The lowest BCUT2D eigenvalue weighted by atomic mass is 10.1. The Bertz CT molecular complexity index is 301. The maximum atomic E-state index is 12.5. The van der Waals surface area contributed by atoms with E-state index in [9.17, 15) is 10.4 Å². The fraction of sp³-hybridized carbons (Fsp3) is 1.00. The maximum absolute atomic E-state index is 12.5. The van der Waals surface area contributed by atoms with Gasteiger partial charge in [-0.15, -0.1) is 0 Å². The van der Waals surface area contributed by atoms with Gasteiger partial charge in [-0.2, -0.15) is 0 Å². The Morgan fingerprint density at radius 1 is 0.393 bits per heavy atom. The Labute approximate surface area is 177 Å². The first-order valence-electron chi connectivity index (χ1n) is 12.4. The lowest BCUT2D eigenvalue weighted by molar-refractivity contribution is -0.862. The van der Waals surface area contributed by atoms with Crippen LogP contribution in [0.2, 0.25) is 0 Å². The molecule has 0 aliphatic heterocycles. The van der Waals surface area contributed by atoms with Gasteiger partial charge in [0.25, 0.3) is 0 Å². The molecule has 0 N–H and O–H groups in total. The molecule has 4 nitrogen and oxygen atoms in total. The summed E-state index contributed by atoms with van der Waals surface area (Å²) < 4.78 is -0.164. The number of hydroxylamine groups is 6. The van der Waals surface area contributed by atoms with Crippen molar-refractivity contribution in [1.82, 2.24) is 0 Å². The molecule has 0 amide bonds. The molecule has 0 aliphatic carbocycles. The van der Waals surface area contributed by atoms with Crippen molar-refractivity contribution < 1.29 is 9.29 Å². The summed E-state index contributed by atoms with van der Waals surface area (Å²) in [6.45, 7) is 7.46. The first-order valence-corrected chi connectivity index (χ1v) is 12.4. The standard InChI is InChI=1S/C24H52N2O2/c1-5-7-9-11-13-17-21-25(3,27)23-19-15-16-20-24-26(4,28)22-18-14-12-10-8-6-2/h5-24H2,1-4H3. The molecule has 0 heterocycles. The minimum absolute atomic E-state index is 0.0822. The largest absolute Gasteiger partial charge is 0.633 e. The Morgan fingerprint density at radius 2 is 0.607 bits per heavy atom. The molecule has 0 aromatic heterocycles. The number of hydrogen-bond donors (Lipinski definition) is 0. The summed E-state index contributed by atoms with van der Waals surface area (Å²) in [5, 5.41) is 25.0. The molecule has 0 saturated heterocycles.